The fraction of sp³-hybridized carbons (Fsp3) is 0.545. The summed E-state index contributed by atoms with van der Waals surface area (Å²) in [6.45, 7) is 0. The molecule has 0 aromatic carbocycles. The minimum absolute atomic E-state index is 0.0870. The number of carbonyl (C=O) groups is 1. The molecule has 1 aliphatic rings. The Bertz CT molecular complexity index is 557. The number of sulfonamides is 1. The van der Waals surface area contributed by atoms with Crippen LogP contribution in [0.2, 0.25) is 0 Å². The van der Waals surface area contributed by atoms with Crippen LogP contribution in [-0.4, -0.2) is 41.7 Å². The van der Waals surface area contributed by atoms with Gasteiger partial charge in [-0.3, -0.25) is 0 Å². The third kappa shape index (κ3) is 3.34. The van der Waals surface area contributed by atoms with Gasteiger partial charge in [0, 0.05) is 12.2 Å². The molecule has 0 saturated heterocycles. The summed E-state index contributed by atoms with van der Waals surface area (Å²) in [7, 11) is -3.72. The quantitative estimate of drug-likeness (QED) is 0.635. The molecule has 0 atom stereocenters. The van der Waals surface area contributed by atoms with Crippen molar-refractivity contribution in [1.82, 2.24) is 9.71 Å². The molecule has 8 heteroatoms. The maximum atomic E-state index is 12.0. The van der Waals surface area contributed by atoms with Gasteiger partial charge in [-0.25, -0.2) is 17.9 Å². The molecular weight excluding hydrogens is 272 g/mol. The number of nitrogens with one attached hydrogen (secondary N) is 2. The lowest BCUT2D eigenvalue weighted by molar-refractivity contribution is 0.0691. The molecule has 0 unspecified atom stereocenters. The average molecular weight is 288 g/mol. The lowest BCUT2D eigenvalue weighted by Crippen LogP contribution is -2.38. The van der Waals surface area contributed by atoms with E-state index in [-0.39, 0.29) is 22.7 Å². The zero-order valence-corrected chi connectivity index (χ0v) is 11.0. The van der Waals surface area contributed by atoms with Crippen LogP contribution in [0.4, 0.5) is 0 Å². The van der Waals surface area contributed by atoms with Crippen molar-refractivity contribution in [3.8, 4) is 0 Å². The summed E-state index contributed by atoms with van der Waals surface area (Å²) in [6, 6.07) is 0.874. The van der Waals surface area contributed by atoms with Crippen molar-refractivity contribution < 1.29 is 23.4 Å². The van der Waals surface area contributed by atoms with Crippen molar-refractivity contribution >= 4 is 16.0 Å². The molecule has 1 aromatic rings. The molecule has 0 spiro atoms. The average Bonchev–Trinajstić information content (AvgIpc) is 2.82. The van der Waals surface area contributed by atoms with Crippen LogP contribution in [0, 0.1) is 0 Å². The van der Waals surface area contributed by atoms with Crippen molar-refractivity contribution in [2.75, 3.05) is 0 Å². The van der Waals surface area contributed by atoms with Gasteiger partial charge >= 0.3 is 5.97 Å². The number of aliphatic hydroxyl groups excluding tert-OH is 1. The fourth-order valence-electron chi connectivity index (χ4n) is 2.13. The van der Waals surface area contributed by atoms with Crippen LogP contribution in [0.25, 0.3) is 0 Å². The van der Waals surface area contributed by atoms with Crippen LogP contribution in [0.1, 0.15) is 36.2 Å². The Morgan fingerprint density at radius 2 is 1.95 bits per heavy atom. The zero-order chi connectivity index (χ0) is 14.0. The number of carboxylic acid groups (broad SMARTS) is 1. The van der Waals surface area contributed by atoms with Gasteiger partial charge in [-0.05, 0) is 31.7 Å². The van der Waals surface area contributed by atoms with Crippen molar-refractivity contribution in [1.29, 1.82) is 0 Å². The Kier molecular flexibility index (Phi) is 3.93. The summed E-state index contributed by atoms with van der Waals surface area (Å²) in [6.07, 6.45) is 3.10. The largest absolute Gasteiger partial charge is 0.477 e. The van der Waals surface area contributed by atoms with Gasteiger partial charge in [-0.2, -0.15) is 0 Å². The fourth-order valence-corrected chi connectivity index (χ4v) is 3.43. The molecule has 7 nitrogen and oxygen atoms in total. The van der Waals surface area contributed by atoms with Gasteiger partial charge in [0.05, 0.1) is 6.10 Å². The van der Waals surface area contributed by atoms with Crippen molar-refractivity contribution in [3.05, 3.63) is 18.0 Å². The monoisotopic (exact) mass is 288 g/mol. The normalized spacial score (nSPS) is 24.3. The van der Waals surface area contributed by atoms with Gasteiger partial charge in [0.25, 0.3) is 0 Å². The van der Waals surface area contributed by atoms with Gasteiger partial charge in [-0.15, -0.1) is 0 Å². The first kappa shape index (κ1) is 14.0. The SMILES string of the molecule is O=C(O)c1cc(S(=O)(=O)NC2CCC(O)CC2)c[nH]1. The Morgan fingerprint density at radius 3 is 2.47 bits per heavy atom. The molecule has 0 aliphatic heterocycles. The molecule has 1 heterocycles. The maximum absolute atomic E-state index is 12.0. The van der Waals surface area contributed by atoms with E-state index < -0.39 is 16.0 Å². The predicted octanol–water partition coefficient (Wildman–Crippen LogP) is 0.295. The number of hydrogen-bond acceptors (Lipinski definition) is 4. The Morgan fingerprint density at radius 1 is 1.32 bits per heavy atom. The molecule has 4 N–H and O–H groups in total. The number of aromatic carboxylic acids is 1. The molecular formula is C11H16N2O5S. The first-order valence-electron chi connectivity index (χ1n) is 6.00. The molecule has 1 saturated carbocycles. The molecule has 19 heavy (non-hydrogen) atoms. The van der Waals surface area contributed by atoms with Gasteiger partial charge in [0.1, 0.15) is 10.6 Å². The first-order valence-corrected chi connectivity index (χ1v) is 7.49. The lowest BCUT2D eigenvalue weighted by atomic mass is 9.94. The van der Waals surface area contributed by atoms with E-state index in [1.165, 1.54) is 0 Å². The third-order valence-corrected chi connectivity index (χ3v) is 4.72. The summed E-state index contributed by atoms with van der Waals surface area (Å²) >= 11 is 0. The second-order valence-corrected chi connectivity index (χ2v) is 6.39. The molecule has 2 rings (SSSR count). The number of H-pyrrole nitrogens is 1. The Balaban J connectivity index is 2.07. The van der Waals surface area contributed by atoms with E-state index in [4.69, 9.17) is 5.11 Å². The summed E-state index contributed by atoms with van der Waals surface area (Å²) < 4.78 is 26.6. The molecule has 0 amide bonds. The van der Waals surface area contributed by atoms with Crippen molar-refractivity contribution in [2.45, 2.75) is 42.7 Å². The molecule has 0 bridgehead atoms. The van der Waals surface area contributed by atoms with E-state index in [1.807, 2.05) is 0 Å². The van der Waals surface area contributed by atoms with Crippen LogP contribution < -0.4 is 4.72 Å². The second kappa shape index (κ2) is 5.32. The molecule has 1 fully saturated rings. The van der Waals surface area contributed by atoms with Crippen LogP contribution >= 0.6 is 0 Å². The summed E-state index contributed by atoms with van der Waals surface area (Å²) in [4.78, 5) is 13.0. The van der Waals surface area contributed by atoms with Crippen LogP contribution in [-0.2, 0) is 10.0 Å². The smallest absolute Gasteiger partial charge is 0.352 e. The number of aromatic nitrogens is 1. The van der Waals surface area contributed by atoms with Crippen LogP contribution in [0.15, 0.2) is 17.2 Å². The van der Waals surface area contributed by atoms with Crippen LogP contribution in [0.3, 0.4) is 0 Å². The number of hydrogen-bond donors (Lipinski definition) is 4. The number of aromatic amines is 1. The number of rotatable bonds is 4. The minimum atomic E-state index is -3.72. The highest BCUT2D eigenvalue weighted by atomic mass is 32.2. The highest BCUT2D eigenvalue weighted by Gasteiger charge is 2.25. The maximum Gasteiger partial charge on any atom is 0.352 e. The molecule has 106 valence electrons. The van der Waals surface area contributed by atoms with E-state index in [1.54, 1.807) is 0 Å². The molecule has 0 radical (unpaired) electrons. The molecule has 1 aliphatic carbocycles. The van der Waals surface area contributed by atoms with E-state index in [0.29, 0.717) is 25.7 Å². The van der Waals surface area contributed by atoms with Crippen molar-refractivity contribution in [3.63, 3.8) is 0 Å². The van der Waals surface area contributed by atoms with Gasteiger partial charge < -0.3 is 15.2 Å². The third-order valence-electron chi connectivity index (χ3n) is 3.22. The molecule has 1 aromatic heterocycles. The summed E-state index contributed by atoms with van der Waals surface area (Å²) in [5, 5.41) is 18.1. The zero-order valence-electron chi connectivity index (χ0n) is 10.2. The summed E-state index contributed by atoms with van der Waals surface area (Å²) in [5.41, 5.74) is -0.167. The first-order chi connectivity index (χ1) is 8.88. The standard InChI is InChI=1S/C11H16N2O5S/c14-8-3-1-7(2-4-8)13-19(17,18)9-5-10(11(15)16)12-6-9/h5-8,12-14H,1-4H2,(H,15,16). The van der Waals surface area contributed by atoms with E-state index >= 15 is 0 Å². The number of aliphatic hydroxyl groups is 1. The Hall–Kier alpha value is -1.38. The van der Waals surface area contributed by atoms with E-state index in [0.717, 1.165) is 12.3 Å². The van der Waals surface area contributed by atoms with Gasteiger partial charge in [0.15, 0.2) is 0 Å². The lowest BCUT2D eigenvalue weighted by Gasteiger charge is -2.25. The van der Waals surface area contributed by atoms with E-state index in [9.17, 15) is 18.3 Å². The van der Waals surface area contributed by atoms with Crippen LogP contribution in [0.5, 0.6) is 0 Å². The minimum Gasteiger partial charge on any atom is -0.477 e. The Labute approximate surface area is 110 Å². The van der Waals surface area contributed by atoms with Gasteiger partial charge in [0.2, 0.25) is 10.0 Å². The topological polar surface area (TPSA) is 119 Å². The van der Waals surface area contributed by atoms with Crippen molar-refractivity contribution in [2.24, 2.45) is 0 Å². The number of carboxylic acids is 1. The van der Waals surface area contributed by atoms with E-state index in [2.05, 4.69) is 9.71 Å². The predicted molar refractivity (Wildman–Crippen MR) is 66.3 cm³/mol. The second-order valence-electron chi connectivity index (χ2n) is 4.68. The summed E-state index contributed by atoms with van der Waals surface area (Å²) in [5.74, 6) is -1.21. The highest BCUT2D eigenvalue weighted by Crippen LogP contribution is 2.20. The highest BCUT2D eigenvalue weighted by molar-refractivity contribution is 7.89. The van der Waals surface area contributed by atoms with Gasteiger partial charge in [-0.1, -0.05) is 0 Å².